The number of likely N-dealkylation sites (tertiary alicyclic amines) is 1. The van der Waals surface area contributed by atoms with Crippen LogP contribution in [-0.4, -0.2) is 34.9 Å². The Morgan fingerprint density at radius 3 is 2.73 bits per heavy atom. The highest BCUT2D eigenvalue weighted by Gasteiger charge is 2.28. The number of hydrogen-bond acceptors (Lipinski definition) is 3. The van der Waals surface area contributed by atoms with Crippen molar-refractivity contribution < 1.29 is 4.79 Å². The fourth-order valence-electron chi connectivity index (χ4n) is 2.16. The van der Waals surface area contributed by atoms with Crippen LogP contribution < -0.4 is 11.5 Å². The summed E-state index contributed by atoms with van der Waals surface area (Å²) in [4.78, 5) is 13.9. The molecule has 2 unspecified atom stereocenters. The molecule has 4 nitrogen and oxygen atoms in total. The van der Waals surface area contributed by atoms with Gasteiger partial charge in [0.25, 0.3) is 0 Å². The zero-order chi connectivity index (χ0) is 11.4. The van der Waals surface area contributed by atoms with Crippen molar-refractivity contribution in [2.75, 3.05) is 13.1 Å². The molecule has 5 heteroatoms. The molecular formula is C10H19N3OS. The summed E-state index contributed by atoms with van der Waals surface area (Å²) in [5, 5.41) is 0. The second-order valence-corrected chi connectivity index (χ2v) is 4.53. The summed E-state index contributed by atoms with van der Waals surface area (Å²) in [6.07, 6.45) is 2.81. The van der Waals surface area contributed by atoms with Crippen LogP contribution in [0.2, 0.25) is 0 Å². The summed E-state index contributed by atoms with van der Waals surface area (Å²) in [6.45, 7) is 3.66. The van der Waals surface area contributed by atoms with E-state index in [9.17, 15) is 4.79 Å². The Kier molecular flexibility index (Phi) is 4.47. The van der Waals surface area contributed by atoms with Gasteiger partial charge in [-0.1, -0.05) is 19.1 Å². The fourth-order valence-corrected chi connectivity index (χ4v) is 2.35. The molecule has 15 heavy (non-hydrogen) atoms. The van der Waals surface area contributed by atoms with Crippen molar-refractivity contribution in [3.8, 4) is 0 Å². The van der Waals surface area contributed by atoms with Crippen molar-refractivity contribution in [3.05, 3.63) is 0 Å². The maximum Gasteiger partial charge on any atom is 0.234 e. The van der Waals surface area contributed by atoms with Crippen LogP contribution >= 0.6 is 12.2 Å². The second kappa shape index (κ2) is 5.42. The Labute approximate surface area is 96.0 Å². The van der Waals surface area contributed by atoms with Crippen molar-refractivity contribution in [1.29, 1.82) is 0 Å². The van der Waals surface area contributed by atoms with E-state index in [1.54, 1.807) is 0 Å². The summed E-state index contributed by atoms with van der Waals surface area (Å²) in [5.74, 6) is -0.0109. The molecule has 1 heterocycles. The predicted octanol–water partition coefficient (Wildman–Crippen LogP) is 0.248. The monoisotopic (exact) mass is 229 g/mol. The summed E-state index contributed by atoms with van der Waals surface area (Å²) in [5.41, 5.74) is 11.0. The molecular weight excluding hydrogens is 210 g/mol. The number of thiocarbonyl (C=S) groups is 1. The Morgan fingerprint density at radius 2 is 2.27 bits per heavy atom. The zero-order valence-electron chi connectivity index (χ0n) is 9.11. The third kappa shape index (κ3) is 3.14. The molecule has 0 aliphatic carbocycles. The lowest BCUT2D eigenvalue weighted by Crippen LogP contribution is -2.50. The van der Waals surface area contributed by atoms with Crippen LogP contribution in [0.15, 0.2) is 0 Å². The third-order valence-electron chi connectivity index (χ3n) is 3.01. The van der Waals surface area contributed by atoms with E-state index in [-0.39, 0.29) is 17.9 Å². The summed E-state index contributed by atoms with van der Waals surface area (Å²) < 4.78 is 0. The molecule has 0 radical (unpaired) electrons. The van der Waals surface area contributed by atoms with E-state index in [1.807, 2.05) is 6.92 Å². The Hall–Kier alpha value is -0.680. The van der Waals surface area contributed by atoms with Gasteiger partial charge in [-0.15, -0.1) is 0 Å². The molecule has 0 bridgehead atoms. The molecule has 1 aliphatic heterocycles. The molecule has 2 atom stereocenters. The number of hydrogen-bond donors (Lipinski definition) is 2. The standard InChI is InChI=1S/C10H19N3OS/c1-2-8(9(11)14)13-5-3-4-7(6-13)10(12)15/h7-8H,2-6H2,1H3,(H2,11,14)(H2,12,15). The average Bonchev–Trinajstić information content (AvgIpc) is 2.18. The van der Waals surface area contributed by atoms with Crippen molar-refractivity contribution in [2.24, 2.45) is 17.4 Å². The summed E-state index contributed by atoms with van der Waals surface area (Å²) >= 11 is 4.99. The quantitative estimate of drug-likeness (QED) is 0.678. The normalized spacial score (nSPS) is 24.7. The minimum atomic E-state index is -0.249. The highest BCUT2D eigenvalue weighted by atomic mass is 32.1. The van der Waals surface area contributed by atoms with Crippen LogP contribution in [-0.2, 0) is 4.79 Å². The average molecular weight is 229 g/mol. The van der Waals surface area contributed by atoms with Crippen LogP contribution in [0, 0.1) is 5.92 Å². The molecule has 0 spiro atoms. The van der Waals surface area contributed by atoms with Gasteiger partial charge in [0.2, 0.25) is 5.91 Å². The number of nitrogens with zero attached hydrogens (tertiary/aromatic N) is 1. The van der Waals surface area contributed by atoms with Gasteiger partial charge in [0.05, 0.1) is 11.0 Å². The molecule has 0 saturated carbocycles. The Bertz CT molecular complexity index is 257. The lowest BCUT2D eigenvalue weighted by atomic mass is 9.96. The smallest absolute Gasteiger partial charge is 0.234 e. The Morgan fingerprint density at radius 1 is 1.60 bits per heavy atom. The third-order valence-corrected chi connectivity index (χ3v) is 3.34. The van der Waals surface area contributed by atoms with E-state index in [2.05, 4.69) is 4.90 Å². The number of rotatable bonds is 4. The number of carbonyl (C=O) groups is 1. The minimum Gasteiger partial charge on any atom is -0.393 e. The van der Waals surface area contributed by atoms with Gasteiger partial charge >= 0.3 is 0 Å². The van der Waals surface area contributed by atoms with E-state index in [0.29, 0.717) is 4.99 Å². The van der Waals surface area contributed by atoms with E-state index in [4.69, 9.17) is 23.7 Å². The van der Waals surface area contributed by atoms with Gasteiger partial charge in [-0.3, -0.25) is 9.69 Å². The predicted molar refractivity (Wildman–Crippen MR) is 64.4 cm³/mol. The number of carbonyl (C=O) groups excluding carboxylic acids is 1. The minimum absolute atomic E-state index is 0.165. The molecule has 1 aliphatic rings. The largest absolute Gasteiger partial charge is 0.393 e. The van der Waals surface area contributed by atoms with Crippen LogP contribution in [0.3, 0.4) is 0 Å². The number of piperidine rings is 1. The Balaban J connectivity index is 2.62. The SMILES string of the molecule is CCC(C(N)=O)N1CCCC(C(N)=S)C1. The molecule has 1 saturated heterocycles. The molecule has 4 N–H and O–H groups in total. The summed E-state index contributed by atoms with van der Waals surface area (Å²) in [7, 11) is 0. The lowest BCUT2D eigenvalue weighted by molar-refractivity contribution is -0.123. The molecule has 1 amide bonds. The zero-order valence-corrected chi connectivity index (χ0v) is 9.93. The number of nitrogens with two attached hydrogens (primary N) is 2. The van der Waals surface area contributed by atoms with E-state index in [1.165, 1.54) is 0 Å². The van der Waals surface area contributed by atoms with Gasteiger partial charge in [-0.25, -0.2) is 0 Å². The second-order valence-electron chi connectivity index (χ2n) is 4.06. The van der Waals surface area contributed by atoms with Crippen molar-refractivity contribution >= 4 is 23.1 Å². The molecule has 1 rings (SSSR count). The summed E-state index contributed by atoms with van der Waals surface area (Å²) in [6, 6.07) is -0.165. The molecule has 1 fully saturated rings. The van der Waals surface area contributed by atoms with Crippen molar-refractivity contribution in [2.45, 2.75) is 32.2 Å². The van der Waals surface area contributed by atoms with Gasteiger partial charge < -0.3 is 11.5 Å². The van der Waals surface area contributed by atoms with Crippen LogP contribution in [0.5, 0.6) is 0 Å². The first-order chi connectivity index (χ1) is 7.06. The van der Waals surface area contributed by atoms with Gasteiger partial charge in [0, 0.05) is 12.5 Å². The first kappa shape index (κ1) is 12.4. The van der Waals surface area contributed by atoms with Crippen LogP contribution in [0.1, 0.15) is 26.2 Å². The first-order valence-corrected chi connectivity index (χ1v) is 5.79. The number of primary amides is 1. The first-order valence-electron chi connectivity index (χ1n) is 5.39. The fraction of sp³-hybridized carbons (Fsp3) is 0.800. The maximum atomic E-state index is 11.2. The molecule has 0 aromatic heterocycles. The highest BCUT2D eigenvalue weighted by Crippen LogP contribution is 2.19. The molecule has 0 aromatic rings. The van der Waals surface area contributed by atoms with Crippen LogP contribution in [0.25, 0.3) is 0 Å². The van der Waals surface area contributed by atoms with E-state index in [0.717, 1.165) is 32.4 Å². The van der Waals surface area contributed by atoms with Gasteiger partial charge in [-0.05, 0) is 25.8 Å². The van der Waals surface area contributed by atoms with Crippen LogP contribution in [0.4, 0.5) is 0 Å². The topological polar surface area (TPSA) is 72.4 Å². The van der Waals surface area contributed by atoms with Gasteiger partial charge in [0.1, 0.15) is 0 Å². The van der Waals surface area contributed by atoms with Gasteiger partial charge in [0.15, 0.2) is 0 Å². The number of amides is 1. The van der Waals surface area contributed by atoms with E-state index >= 15 is 0 Å². The van der Waals surface area contributed by atoms with Gasteiger partial charge in [-0.2, -0.15) is 0 Å². The molecule has 0 aromatic carbocycles. The van der Waals surface area contributed by atoms with Crippen molar-refractivity contribution in [3.63, 3.8) is 0 Å². The molecule has 86 valence electrons. The van der Waals surface area contributed by atoms with E-state index < -0.39 is 0 Å². The highest BCUT2D eigenvalue weighted by molar-refractivity contribution is 7.80. The maximum absolute atomic E-state index is 11.2. The lowest BCUT2D eigenvalue weighted by Gasteiger charge is -2.36. The van der Waals surface area contributed by atoms with Crippen molar-refractivity contribution in [1.82, 2.24) is 4.90 Å².